The number of aromatic nitrogens is 2. The summed E-state index contributed by atoms with van der Waals surface area (Å²) in [4.78, 5) is 26.3. The van der Waals surface area contributed by atoms with Gasteiger partial charge in [0.25, 0.3) is 5.91 Å². The Bertz CT molecular complexity index is 894. The molecule has 0 atom stereocenters. The van der Waals surface area contributed by atoms with E-state index in [0.29, 0.717) is 11.9 Å². The predicted molar refractivity (Wildman–Crippen MR) is 88.5 cm³/mol. The van der Waals surface area contributed by atoms with Gasteiger partial charge in [0.2, 0.25) is 0 Å². The Kier molecular flexibility index (Phi) is 5.16. The van der Waals surface area contributed by atoms with E-state index in [1.54, 1.807) is 4.90 Å². The van der Waals surface area contributed by atoms with Crippen LogP contribution in [0, 0.1) is 5.82 Å². The maximum atomic E-state index is 13.7. The minimum Gasteiger partial charge on any atom is -0.476 e. The molecule has 7 nitrogen and oxygen atoms in total. The molecule has 0 saturated carbocycles. The second-order valence-corrected chi connectivity index (χ2v) is 6.02. The van der Waals surface area contributed by atoms with Crippen LogP contribution in [0.1, 0.15) is 26.4 Å². The van der Waals surface area contributed by atoms with E-state index < -0.39 is 35.0 Å². The maximum absolute atomic E-state index is 13.7. The highest BCUT2D eigenvalue weighted by Gasteiger charge is 2.39. The van der Waals surface area contributed by atoms with E-state index in [4.69, 9.17) is 5.11 Å². The van der Waals surface area contributed by atoms with Crippen molar-refractivity contribution >= 4 is 17.7 Å². The molecule has 1 amide bonds. The molecule has 3 rings (SSSR count). The first-order chi connectivity index (χ1) is 13.2. The van der Waals surface area contributed by atoms with Gasteiger partial charge in [0.1, 0.15) is 11.4 Å². The van der Waals surface area contributed by atoms with Gasteiger partial charge in [-0.1, -0.05) is 6.07 Å². The number of anilines is 1. The average Bonchev–Trinajstić information content (AvgIpc) is 2.66. The third-order valence-electron chi connectivity index (χ3n) is 4.29. The third-order valence-corrected chi connectivity index (χ3v) is 4.29. The molecule has 1 fully saturated rings. The normalized spacial score (nSPS) is 14.9. The summed E-state index contributed by atoms with van der Waals surface area (Å²) in [5, 5.41) is 16.2. The monoisotopic (exact) mass is 398 g/mol. The number of nitrogens with zero attached hydrogens (tertiary/aromatic N) is 4. The fourth-order valence-electron chi connectivity index (χ4n) is 2.91. The van der Waals surface area contributed by atoms with Crippen molar-refractivity contribution in [1.82, 2.24) is 15.1 Å². The number of carbonyl (C=O) groups is 2. The van der Waals surface area contributed by atoms with E-state index in [1.165, 1.54) is 17.0 Å². The van der Waals surface area contributed by atoms with Crippen LogP contribution in [0.5, 0.6) is 0 Å². The van der Waals surface area contributed by atoms with Crippen molar-refractivity contribution in [2.45, 2.75) is 6.18 Å². The first-order valence-corrected chi connectivity index (χ1v) is 8.15. The van der Waals surface area contributed by atoms with Gasteiger partial charge in [0.05, 0.1) is 5.56 Å². The minimum atomic E-state index is -4.99. The smallest absolute Gasteiger partial charge is 0.420 e. The summed E-state index contributed by atoms with van der Waals surface area (Å²) in [6.07, 6.45) is -4.99. The van der Waals surface area contributed by atoms with Gasteiger partial charge in [-0.2, -0.15) is 13.2 Å². The fraction of sp³-hybridized carbons (Fsp3) is 0.294. The zero-order chi connectivity index (χ0) is 20.5. The summed E-state index contributed by atoms with van der Waals surface area (Å²) in [5.74, 6) is -3.23. The van der Waals surface area contributed by atoms with Gasteiger partial charge >= 0.3 is 12.1 Å². The van der Waals surface area contributed by atoms with E-state index in [9.17, 15) is 27.2 Å². The molecular formula is C17H14F4N4O3. The molecule has 148 valence electrons. The van der Waals surface area contributed by atoms with Crippen molar-refractivity contribution in [1.29, 1.82) is 0 Å². The topological polar surface area (TPSA) is 86.6 Å². The zero-order valence-corrected chi connectivity index (χ0v) is 14.3. The lowest BCUT2D eigenvalue weighted by Gasteiger charge is -2.35. The molecule has 2 heterocycles. The maximum Gasteiger partial charge on any atom is 0.420 e. The Morgan fingerprint density at radius 1 is 1.00 bits per heavy atom. The van der Waals surface area contributed by atoms with Crippen LogP contribution in [0.3, 0.4) is 0 Å². The van der Waals surface area contributed by atoms with Gasteiger partial charge < -0.3 is 14.9 Å². The summed E-state index contributed by atoms with van der Waals surface area (Å²) in [7, 11) is 0. The number of rotatable bonds is 3. The predicted octanol–water partition coefficient (Wildman–Crippen LogP) is 2.30. The number of carboxylic acid groups (broad SMARTS) is 1. The van der Waals surface area contributed by atoms with Crippen molar-refractivity contribution in [3.8, 4) is 0 Å². The van der Waals surface area contributed by atoms with Crippen molar-refractivity contribution in [3.05, 3.63) is 53.0 Å². The quantitative estimate of drug-likeness (QED) is 0.799. The molecule has 0 radical (unpaired) electrons. The summed E-state index contributed by atoms with van der Waals surface area (Å²) in [6, 6.07) is 5.42. The Morgan fingerprint density at radius 2 is 1.68 bits per heavy atom. The number of benzene rings is 1. The average molecular weight is 398 g/mol. The van der Waals surface area contributed by atoms with E-state index in [2.05, 4.69) is 10.2 Å². The van der Waals surface area contributed by atoms with E-state index in [1.807, 2.05) is 0 Å². The number of carboxylic acids is 1. The van der Waals surface area contributed by atoms with Crippen LogP contribution in [0.15, 0.2) is 30.3 Å². The fourth-order valence-corrected chi connectivity index (χ4v) is 2.91. The molecule has 2 aromatic rings. The van der Waals surface area contributed by atoms with Crippen molar-refractivity contribution < 1.29 is 32.3 Å². The number of aromatic carboxylic acids is 1. The second kappa shape index (κ2) is 7.41. The third kappa shape index (κ3) is 3.87. The lowest BCUT2D eigenvalue weighted by atomic mass is 10.0. The van der Waals surface area contributed by atoms with Gasteiger partial charge in [-0.25, -0.2) is 9.18 Å². The molecule has 0 bridgehead atoms. The van der Waals surface area contributed by atoms with E-state index in [-0.39, 0.29) is 31.9 Å². The van der Waals surface area contributed by atoms with Crippen LogP contribution >= 0.6 is 0 Å². The number of hydrogen-bond acceptors (Lipinski definition) is 5. The molecule has 1 aromatic heterocycles. The standard InChI is InChI=1S/C17H14F4N4O3/c18-11-3-1-2-10(14(11)17(19,20)21)15(26)25-8-6-24(7-9-25)13-5-4-12(16(27)28)22-23-13/h1-5H,6-9H2,(H,27,28). The number of carbonyl (C=O) groups excluding carboxylic acids is 1. The summed E-state index contributed by atoms with van der Waals surface area (Å²) in [5.41, 5.74) is -2.52. The Labute approximate surface area is 156 Å². The molecule has 1 N–H and O–H groups in total. The SMILES string of the molecule is O=C(O)c1ccc(N2CCN(C(=O)c3cccc(F)c3C(F)(F)F)CC2)nn1. The largest absolute Gasteiger partial charge is 0.476 e. The molecule has 1 saturated heterocycles. The summed E-state index contributed by atoms with van der Waals surface area (Å²) in [6.45, 7) is 0.691. The lowest BCUT2D eigenvalue weighted by Crippen LogP contribution is -2.49. The number of amides is 1. The minimum absolute atomic E-state index is 0.0923. The zero-order valence-electron chi connectivity index (χ0n) is 14.3. The first-order valence-electron chi connectivity index (χ1n) is 8.15. The Morgan fingerprint density at radius 3 is 2.21 bits per heavy atom. The molecular weight excluding hydrogens is 384 g/mol. The summed E-state index contributed by atoms with van der Waals surface area (Å²) >= 11 is 0. The highest BCUT2D eigenvalue weighted by atomic mass is 19.4. The van der Waals surface area contributed by atoms with Crippen molar-refractivity contribution in [3.63, 3.8) is 0 Å². The summed E-state index contributed by atoms with van der Waals surface area (Å²) < 4.78 is 53.1. The van der Waals surface area contributed by atoms with Crippen LogP contribution in [-0.2, 0) is 6.18 Å². The van der Waals surface area contributed by atoms with E-state index in [0.717, 1.165) is 12.1 Å². The Balaban J connectivity index is 1.73. The van der Waals surface area contributed by atoms with E-state index >= 15 is 0 Å². The molecule has 1 aromatic carbocycles. The highest BCUT2D eigenvalue weighted by Crippen LogP contribution is 2.34. The van der Waals surface area contributed by atoms with Gasteiger partial charge in [-0.3, -0.25) is 4.79 Å². The molecule has 28 heavy (non-hydrogen) atoms. The first kappa shape index (κ1) is 19.5. The molecule has 1 aliphatic heterocycles. The molecule has 1 aliphatic rings. The second-order valence-electron chi connectivity index (χ2n) is 6.02. The number of alkyl halides is 3. The van der Waals surface area contributed by atoms with Crippen LogP contribution < -0.4 is 4.90 Å². The van der Waals surface area contributed by atoms with Gasteiger partial charge in [0.15, 0.2) is 11.5 Å². The van der Waals surface area contributed by atoms with Crippen LogP contribution in [-0.4, -0.2) is 58.3 Å². The molecule has 0 aliphatic carbocycles. The van der Waals surface area contributed by atoms with Gasteiger partial charge in [-0.05, 0) is 24.3 Å². The van der Waals surface area contributed by atoms with Gasteiger partial charge in [0, 0.05) is 26.2 Å². The van der Waals surface area contributed by atoms with Crippen LogP contribution in [0.25, 0.3) is 0 Å². The van der Waals surface area contributed by atoms with Crippen molar-refractivity contribution in [2.75, 3.05) is 31.1 Å². The molecule has 0 unspecified atom stereocenters. The number of halogens is 4. The van der Waals surface area contributed by atoms with Gasteiger partial charge in [-0.15, -0.1) is 10.2 Å². The number of hydrogen-bond donors (Lipinski definition) is 1. The van der Waals surface area contributed by atoms with Crippen LogP contribution in [0.2, 0.25) is 0 Å². The molecule has 11 heteroatoms. The lowest BCUT2D eigenvalue weighted by molar-refractivity contribution is -0.140. The molecule has 0 spiro atoms. The van der Waals surface area contributed by atoms with Crippen molar-refractivity contribution in [2.24, 2.45) is 0 Å². The Hall–Kier alpha value is -3.24. The van der Waals surface area contributed by atoms with Crippen LogP contribution in [0.4, 0.5) is 23.4 Å². The number of piperazine rings is 1. The highest BCUT2D eigenvalue weighted by molar-refractivity contribution is 5.96.